The average molecular weight is 312 g/mol. The number of benzene rings is 1. The molecule has 3 aliphatic rings. The molecule has 0 aromatic heterocycles. The summed E-state index contributed by atoms with van der Waals surface area (Å²) < 4.78 is 5.95. The summed E-state index contributed by atoms with van der Waals surface area (Å²) in [7, 11) is 0. The summed E-state index contributed by atoms with van der Waals surface area (Å²) in [5, 5.41) is 5.13. The van der Waals surface area contributed by atoms with Gasteiger partial charge < -0.3 is 10.1 Å². The molecule has 0 spiro atoms. The van der Waals surface area contributed by atoms with Crippen LogP contribution < -0.4 is 5.32 Å². The highest BCUT2D eigenvalue weighted by atomic mass is 35.5. The number of nitrogens with one attached hydrogen (secondary N) is 1. The first kappa shape index (κ1) is 13.4. The van der Waals surface area contributed by atoms with Gasteiger partial charge in [0.05, 0.1) is 22.3 Å². The van der Waals surface area contributed by atoms with Crippen LogP contribution in [0.3, 0.4) is 0 Å². The Morgan fingerprint density at radius 3 is 2.55 bits per heavy atom. The van der Waals surface area contributed by atoms with Crippen LogP contribution in [0.15, 0.2) is 18.2 Å². The molecule has 2 saturated heterocycles. The molecule has 108 valence electrons. The Morgan fingerprint density at radius 2 is 1.95 bits per heavy atom. The summed E-state index contributed by atoms with van der Waals surface area (Å²) in [5.41, 5.74) is 1.27. The zero-order chi connectivity index (χ0) is 13.7. The van der Waals surface area contributed by atoms with E-state index in [9.17, 15) is 0 Å². The molecule has 2 heterocycles. The molecule has 1 N–H and O–H groups in total. The van der Waals surface area contributed by atoms with Crippen LogP contribution in [0, 0.1) is 5.92 Å². The Hall–Kier alpha value is -0.280. The second-order valence-corrected chi connectivity index (χ2v) is 7.19. The molecule has 1 aromatic carbocycles. The minimum Gasteiger partial charge on any atom is -0.373 e. The van der Waals surface area contributed by atoms with Crippen molar-refractivity contribution >= 4 is 23.2 Å². The molecule has 1 aliphatic carbocycles. The molecule has 4 rings (SSSR count). The molecule has 4 atom stereocenters. The highest BCUT2D eigenvalue weighted by molar-refractivity contribution is 6.42. The van der Waals surface area contributed by atoms with E-state index in [-0.39, 0.29) is 0 Å². The SMILES string of the molecule is Clc1ccc([C@@H](N[C@H]2C[C@H]3CC[C@H]2O3)C2CC2)cc1Cl. The number of fused-ring (bicyclic) bond motifs is 2. The van der Waals surface area contributed by atoms with E-state index in [4.69, 9.17) is 27.9 Å². The van der Waals surface area contributed by atoms with Gasteiger partial charge in [-0.25, -0.2) is 0 Å². The van der Waals surface area contributed by atoms with E-state index in [0.717, 1.165) is 12.3 Å². The molecule has 1 aromatic rings. The first-order chi connectivity index (χ1) is 9.70. The lowest BCUT2D eigenvalue weighted by Crippen LogP contribution is -2.40. The van der Waals surface area contributed by atoms with Gasteiger partial charge in [0.25, 0.3) is 0 Å². The highest BCUT2D eigenvalue weighted by Gasteiger charge is 2.43. The van der Waals surface area contributed by atoms with Crippen molar-refractivity contribution in [3.63, 3.8) is 0 Å². The predicted octanol–water partition coefficient (Wildman–Crippen LogP) is 4.35. The summed E-state index contributed by atoms with van der Waals surface area (Å²) in [4.78, 5) is 0. The fourth-order valence-corrected chi connectivity index (χ4v) is 3.99. The van der Waals surface area contributed by atoms with E-state index in [2.05, 4.69) is 11.4 Å². The van der Waals surface area contributed by atoms with Crippen molar-refractivity contribution in [1.29, 1.82) is 0 Å². The van der Waals surface area contributed by atoms with Crippen molar-refractivity contribution in [2.45, 2.75) is 56.4 Å². The lowest BCUT2D eigenvalue weighted by Gasteiger charge is -2.27. The van der Waals surface area contributed by atoms with Crippen LogP contribution in [0.4, 0.5) is 0 Å². The van der Waals surface area contributed by atoms with E-state index >= 15 is 0 Å². The molecule has 3 fully saturated rings. The Morgan fingerprint density at radius 1 is 1.10 bits per heavy atom. The molecule has 1 saturated carbocycles. The van der Waals surface area contributed by atoms with Crippen molar-refractivity contribution in [3.8, 4) is 0 Å². The monoisotopic (exact) mass is 311 g/mol. The van der Waals surface area contributed by atoms with E-state index < -0.39 is 0 Å². The smallest absolute Gasteiger partial charge is 0.0733 e. The number of halogens is 2. The van der Waals surface area contributed by atoms with Crippen LogP contribution in [-0.2, 0) is 4.74 Å². The van der Waals surface area contributed by atoms with Gasteiger partial charge in [-0.15, -0.1) is 0 Å². The lowest BCUT2D eigenvalue weighted by atomic mass is 9.93. The maximum atomic E-state index is 6.18. The van der Waals surface area contributed by atoms with E-state index in [1.54, 1.807) is 0 Å². The number of rotatable bonds is 4. The van der Waals surface area contributed by atoms with Crippen LogP contribution in [0.5, 0.6) is 0 Å². The number of hydrogen-bond acceptors (Lipinski definition) is 2. The fraction of sp³-hybridized carbons (Fsp3) is 0.625. The molecular formula is C16H19Cl2NO. The third-order valence-electron chi connectivity index (χ3n) is 4.90. The van der Waals surface area contributed by atoms with Crippen LogP contribution in [0.1, 0.15) is 43.7 Å². The minimum atomic E-state index is 0.401. The average Bonchev–Trinajstić information content (AvgIpc) is 3.07. The number of ether oxygens (including phenoxy) is 1. The van der Waals surface area contributed by atoms with Gasteiger partial charge in [-0.2, -0.15) is 0 Å². The van der Waals surface area contributed by atoms with Crippen LogP contribution in [0.25, 0.3) is 0 Å². The first-order valence-electron chi connectivity index (χ1n) is 7.57. The second kappa shape index (κ2) is 5.17. The lowest BCUT2D eigenvalue weighted by molar-refractivity contribution is 0.0955. The Balaban J connectivity index is 1.53. The molecular weight excluding hydrogens is 293 g/mol. The summed E-state index contributed by atoms with van der Waals surface area (Å²) in [6.45, 7) is 0. The van der Waals surface area contributed by atoms with Gasteiger partial charge in [-0.1, -0.05) is 29.3 Å². The van der Waals surface area contributed by atoms with Crippen LogP contribution in [0.2, 0.25) is 10.0 Å². The van der Waals surface area contributed by atoms with Crippen molar-refractivity contribution in [2.75, 3.05) is 0 Å². The zero-order valence-corrected chi connectivity index (χ0v) is 12.8. The van der Waals surface area contributed by atoms with E-state index in [1.807, 2.05) is 12.1 Å². The van der Waals surface area contributed by atoms with Gasteiger partial charge in [-0.3, -0.25) is 0 Å². The third kappa shape index (κ3) is 2.48. The van der Waals surface area contributed by atoms with E-state index in [0.29, 0.717) is 34.3 Å². The topological polar surface area (TPSA) is 21.3 Å². The molecule has 2 aliphatic heterocycles. The fourth-order valence-electron chi connectivity index (χ4n) is 3.68. The minimum absolute atomic E-state index is 0.401. The van der Waals surface area contributed by atoms with Crippen molar-refractivity contribution < 1.29 is 4.74 Å². The van der Waals surface area contributed by atoms with Crippen molar-refractivity contribution in [2.24, 2.45) is 5.92 Å². The van der Waals surface area contributed by atoms with Gasteiger partial charge in [0, 0.05) is 12.1 Å². The van der Waals surface area contributed by atoms with E-state index in [1.165, 1.54) is 31.2 Å². The number of hydrogen-bond donors (Lipinski definition) is 1. The van der Waals surface area contributed by atoms with Crippen LogP contribution >= 0.6 is 23.2 Å². The van der Waals surface area contributed by atoms with Crippen molar-refractivity contribution in [1.82, 2.24) is 5.32 Å². The maximum Gasteiger partial charge on any atom is 0.0733 e. The van der Waals surface area contributed by atoms with Crippen molar-refractivity contribution in [3.05, 3.63) is 33.8 Å². The molecule has 2 nitrogen and oxygen atoms in total. The van der Waals surface area contributed by atoms with Crippen LogP contribution in [-0.4, -0.2) is 18.2 Å². The molecule has 0 radical (unpaired) electrons. The Labute approximate surface area is 129 Å². The largest absolute Gasteiger partial charge is 0.373 e. The summed E-state index contributed by atoms with van der Waals surface area (Å²) in [5.74, 6) is 0.742. The van der Waals surface area contributed by atoms with Gasteiger partial charge in [0.2, 0.25) is 0 Å². The maximum absolute atomic E-state index is 6.18. The summed E-state index contributed by atoms with van der Waals surface area (Å²) in [6.07, 6.45) is 7.13. The zero-order valence-electron chi connectivity index (χ0n) is 11.3. The summed E-state index contributed by atoms with van der Waals surface area (Å²) in [6, 6.07) is 6.95. The van der Waals surface area contributed by atoms with Gasteiger partial charge in [0.1, 0.15) is 0 Å². The second-order valence-electron chi connectivity index (χ2n) is 6.37. The normalized spacial score (nSPS) is 33.6. The Bertz CT molecular complexity index is 517. The molecule has 0 amide bonds. The quantitative estimate of drug-likeness (QED) is 0.892. The van der Waals surface area contributed by atoms with Gasteiger partial charge in [0.15, 0.2) is 0 Å². The molecule has 2 bridgehead atoms. The molecule has 4 heteroatoms. The third-order valence-corrected chi connectivity index (χ3v) is 5.63. The molecule has 0 unspecified atom stereocenters. The molecule has 20 heavy (non-hydrogen) atoms. The Kier molecular flexibility index (Phi) is 3.46. The predicted molar refractivity (Wildman–Crippen MR) is 81.4 cm³/mol. The summed E-state index contributed by atoms with van der Waals surface area (Å²) >= 11 is 12.2. The highest BCUT2D eigenvalue weighted by Crippen LogP contribution is 2.44. The van der Waals surface area contributed by atoms with Gasteiger partial charge >= 0.3 is 0 Å². The standard InChI is InChI=1S/C16H19Cl2NO/c17-12-5-3-10(7-13(12)18)16(9-1-2-9)19-14-8-11-4-6-15(14)20-11/h3,5,7,9,11,14-16,19H,1-2,4,6,8H2/t11-,14+,15-,16+/m1/s1. The first-order valence-corrected chi connectivity index (χ1v) is 8.33. The van der Waals surface area contributed by atoms with Gasteiger partial charge in [-0.05, 0) is 55.7 Å².